The third-order valence-electron chi connectivity index (χ3n) is 2.13. The number of hydrogen-bond donors (Lipinski definition) is 0. The van der Waals surface area contributed by atoms with Crippen molar-refractivity contribution in [2.45, 2.75) is 6.92 Å². The molecule has 70 valence electrons. The van der Waals surface area contributed by atoms with Crippen LogP contribution in [0.4, 0.5) is 5.69 Å². The molecule has 3 heterocycles. The summed E-state index contributed by atoms with van der Waals surface area (Å²) >= 11 is 1.91. The minimum absolute atomic E-state index is 0.0383. The van der Waals surface area contributed by atoms with Crippen molar-refractivity contribution in [1.29, 1.82) is 0 Å². The number of halogens is 1. The molecular weight excluding hydrogens is 307 g/mol. The number of aryl methyl sites for hydroxylation is 1. The fourth-order valence-electron chi connectivity index (χ4n) is 1.45. The number of pyridine rings is 1. The van der Waals surface area contributed by atoms with E-state index >= 15 is 0 Å². The maximum atomic E-state index is 4.42. The third kappa shape index (κ3) is 1.17. The van der Waals surface area contributed by atoms with Gasteiger partial charge in [-0.05, 0) is 22.6 Å². The Morgan fingerprint density at radius 2 is 2.36 bits per heavy atom. The standard InChI is InChI=1S/C10H7IN2S/c1-6-2-4-12-7-8-10(14-9(6)7)11-3-5-13-8/h2-5H,1H3. The van der Waals surface area contributed by atoms with Gasteiger partial charge in [-0.25, -0.2) is 0 Å². The summed E-state index contributed by atoms with van der Waals surface area (Å²) in [6.45, 7) is 2.14. The van der Waals surface area contributed by atoms with Crippen LogP contribution >= 0.6 is 32.1 Å². The highest BCUT2D eigenvalue weighted by Crippen LogP contribution is 2.41. The highest BCUT2D eigenvalue weighted by atomic mass is 127. The zero-order valence-electron chi connectivity index (χ0n) is 7.49. The van der Waals surface area contributed by atoms with E-state index in [-0.39, 0.29) is 20.7 Å². The van der Waals surface area contributed by atoms with Crippen LogP contribution in [0.25, 0.3) is 10.2 Å². The lowest BCUT2D eigenvalue weighted by Crippen LogP contribution is -1.80. The van der Waals surface area contributed by atoms with Crippen LogP contribution in [0.15, 0.2) is 17.3 Å². The van der Waals surface area contributed by atoms with Crippen molar-refractivity contribution in [3.63, 3.8) is 0 Å². The molecule has 0 saturated carbocycles. The number of hydrogen-bond acceptors (Lipinski definition) is 3. The van der Waals surface area contributed by atoms with E-state index in [1.807, 2.05) is 23.7 Å². The molecule has 0 radical (unpaired) electrons. The summed E-state index contributed by atoms with van der Waals surface area (Å²) in [5, 5.41) is 0. The first-order valence-electron chi connectivity index (χ1n) is 4.23. The number of aliphatic imine (C=N–C) groups is 1. The van der Waals surface area contributed by atoms with Gasteiger partial charge in [-0.15, -0.1) is 11.3 Å². The van der Waals surface area contributed by atoms with E-state index in [0.717, 1.165) is 11.2 Å². The van der Waals surface area contributed by atoms with E-state index in [9.17, 15) is 0 Å². The first-order chi connectivity index (χ1) is 6.86. The number of fused-ring (bicyclic) bond motifs is 3. The lowest BCUT2D eigenvalue weighted by atomic mass is 10.2. The molecule has 0 bridgehead atoms. The lowest BCUT2D eigenvalue weighted by Gasteiger charge is -1.95. The first-order valence-corrected chi connectivity index (χ1v) is 7.38. The van der Waals surface area contributed by atoms with E-state index in [1.165, 1.54) is 13.1 Å². The largest absolute Gasteiger partial charge is 0.253 e. The molecule has 2 aromatic heterocycles. The molecule has 3 rings (SSSR count). The molecule has 14 heavy (non-hydrogen) atoms. The summed E-state index contributed by atoms with van der Waals surface area (Å²) < 4.78 is 4.96. The van der Waals surface area contributed by atoms with E-state index in [4.69, 9.17) is 0 Å². The van der Waals surface area contributed by atoms with Gasteiger partial charge in [-0.3, -0.25) is 9.98 Å². The molecule has 0 unspecified atom stereocenters. The summed E-state index contributed by atoms with van der Waals surface area (Å²) in [4.78, 5) is 8.83. The van der Waals surface area contributed by atoms with Crippen LogP contribution < -0.4 is 0 Å². The Balaban J connectivity index is 2.49. The fourth-order valence-corrected chi connectivity index (χ4v) is 5.12. The van der Waals surface area contributed by atoms with E-state index in [1.54, 1.807) is 0 Å². The molecule has 0 atom stereocenters. The smallest absolute Gasteiger partial charge is 0.113 e. The van der Waals surface area contributed by atoms with Crippen molar-refractivity contribution in [3.05, 3.63) is 20.7 Å². The second kappa shape index (κ2) is 3.20. The molecule has 0 fully saturated rings. The molecule has 0 aliphatic carbocycles. The van der Waals surface area contributed by atoms with Crippen molar-refractivity contribution in [2.75, 3.05) is 0 Å². The molecule has 0 spiro atoms. The molecule has 2 aromatic rings. The summed E-state index contributed by atoms with van der Waals surface area (Å²) in [6, 6.07) is 2.07. The zero-order chi connectivity index (χ0) is 9.54. The van der Waals surface area contributed by atoms with Crippen LogP contribution in [0.2, 0.25) is 0 Å². The van der Waals surface area contributed by atoms with Gasteiger partial charge in [0.2, 0.25) is 0 Å². The van der Waals surface area contributed by atoms with Crippen molar-refractivity contribution >= 4 is 58.2 Å². The van der Waals surface area contributed by atoms with Crippen molar-refractivity contribution in [1.82, 2.24) is 4.98 Å². The van der Waals surface area contributed by atoms with E-state index in [2.05, 4.69) is 27.0 Å². The van der Waals surface area contributed by atoms with Crippen molar-refractivity contribution in [3.8, 4) is 0 Å². The Morgan fingerprint density at radius 1 is 1.43 bits per heavy atom. The first kappa shape index (κ1) is 8.67. The molecule has 0 amide bonds. The van der Waals surface area contributed by atoms with Crippen molar-refractivity contribution in [2.24, 2.45) is 4.99 Å². The van der Waals surface area contributed by atoms with Crippen LogP contribution in [0.5, 0.6) is 0 Å². The molecule has 1 aliphatic heterocycles. The minimum atomic E-state index is 0.0383. The summed E-state index contributed by atoms with van der Waals surface area (Å²) in [5.74, 6) is 0. The van der Waals surface area contributed by atoms with Crippen LogP contribution in [-0.2, 0) is 0 Å². The van der Waals surface area contributed by atoms with Gasteiger partial charge in [0.1, 0.15) is 11.2 Å². The molecule has 4 heteroatoms. The highest BCUT2D eigenvalue weighted by Gasteiger charge is 2.13. The van der Waals surface area contributed by atoms with Gasteiger partial charge in [0.15, 0.2) is 0 Å². The molecule has 0 N–H and O–H groups in total. The SMILES string of the molecule is Cc1ccnc2c3c(sc12)I=CC=N3. The van der Waals surface area contributed by atoms with Crippen LogP contribution in [0, 0.1) is 9.81 Å². The Labute approximate surface area is 95.5 Å². The summed E-state index contributed by atoms with van der Waals surface area (Å²) in [7, 11) is 0. The second-order valence-corrected chi connectivity index (χ2v) is 7.22. The average molecular weight is 314 g/mol. The van der Waals surface area contributed by atoms with Crippen LogP contribution in [0.3, 0.4) is 0 Å². The van der Waals surface area contributed by atoms with Gasteiger partial charge in [0.05, 0.1) is 7.58 Å². The predicted molar refractivity (Wildman–Crippen MR) is 71.3 cm³/mol. The molecule has 0 saturated heterocycles. The van der Waals surface area contributed by atoms with Crippen molar-refractivity contribution < 1.29 is 0 Å². The second-order valence-electron chi connectivity index (χ2n) is 3.04. The third-order valence-corrected chi connectivity index (χ3v) is 6.23. The minimum Gasteiger partial charge on any atom is -0.253 e. The van der Waals surface area contributed by atoms with Gasteiger partial charge in [0.25, 0.3) is 0 Å². The van der Waals surface area contributed by atoms with Gasteiger partial charge in [-0.2, -0.15) is 0 Å². The van der Waals surface area contributed by atoms with Gasteiger partial charge in [0, 0.05) is 12.4 Å². The topological polar surface area (TPSA) is 25.2 Å². The highest BCUT2D eigenvalue weighted by molar-refractivity contribution is 14.2. The Kier molecular flexibility index (Phi) is 1.98. The Bertz CT molecular complexity index is 569. The normalized spacial score (nSPS) is 14.1. The average Bonchev–Trinajstić information content (AvgIpc) is 2.59. The summed E-state index contributed by atoms with van der Waals surface area (Å²) in [5.41, 5.74) is 3.53. The number of aromatic nitrogens is 1. The van der Waals surface area contributed by atoms with Gasteiger partial charge >= 0.3 is 0 Å². The number of rotatable bonds is 0. The molecular formula is C10H7IN2S. The fraction of sp³-hybridized carbons (Fsp3) is 0.100. The number of thiophene rings is 1. The molecule has 1 aliphatic rings. The summed E-state index contributed by atoms with van der Waals surface area (Å²) in [6.07, 6.45) is 3.79. The van der Waals surface area contributed by atoms with Crippen LogP contribution in [0.1, 0.15) is 5.56 Å². The molecule has 2 nitrogen and oxygen atoms in total. The zero-order valence-corrected chi connectivity index (χ0v) is 10.5. The maximum absolute atomic E-state index is 4.42. The van der Waals surface area contributed by atoms with E-state index in [0.29, 0.717) is 0 Å². The Morgan fingerprint density at radius 3 is 3.29 bits per heavy atom. The molecule has 0 aromatic carbocycles. The van der Waals surface area contributed by atoms with E-state index < -0.39 is 0 Å². The Hall–Kier alpha value is -0.620. The van der Waals surface area contributed by atoms with Crippen LogP contribution in [-0.4, -0.2) is 15.2 Å². The maximum Gasteiger partial charge on any atom is 0.113 e. The number of nitrogens with zero attached hydrogens (tertiary/aromatic N) is 2. The lowest BCUT2D eigenvalue weighted by molar-refractivity contribution is 1.38. The van der Waals surface area contributed by atoms with Gasteiger partial charge < -0.3 is 0 Å². The monoisotopic (exact) mass is 314 g/mol. The van der Waals surface area contributed by atoms with Gasteiger partial charge in [-0.1, -0.05) is 20.7 Å². The quantitative estimate of drug-likeness (QED) is 0.685. The predicted octanol–water partition coefficient (Wildman–Crippen LogP) is 3.26.